The average Bonchev–Trinajstić information content (AvgIpc) is 2.60. The lowest BCUT2D eigenvalue weighted by atomic mass is 10.2. The van der Waals surface area contributed by atoms with Crippen molar-refractivity contribution in [3.63, 3.8) is 0 Å². The summed E-state index contributed by atoms with van der Waals surface area (Å²) >= 11 is 5.96. The molecular weight excluding hydrogens is 356 g/mol. The van der Waals surface area contributed by atoms with Gasteiger partial charge in [0.15, 0.2) is 0 Å². The lowest BCUT2D eigenvalue weighted by Crippen LogP contribution is -2.28. The number of rotatable bonds is 4. The third kappa shape index (κ3) is 3.89. The standard InChI is InChI=1S/C18H15ClN4O3/c1-11(24)21-15-7-6-12(19)8-16(15)22-17(25)9-23-10-20-14-5-3-2-4-13(14)18(23)26/h2-8,10H,9H2,1H3,(H,21,24)(H,22,25). The van der Waals surface area contributed by atoms with Crippen molar-refractivity contribution in [3.05, 3.63) is 64.2 Å². The molecule has 3 aromatic rings. The molecule has 8 heteroatoms. The molecule has 0 aliphatic carbocycles. The van der Waals surface area contributed by atoms with Crippen LogP contribution in [0.25, 0.3) is 10.9 Å². The van der Waals surface area contributed by atoms with Gasteiger partial charge in [-0.1, -0.05) is 23.7 Å². The Kier molecular flexibility index (Phi) is 4.99. The fraction of sp³-hybridized carbons (Fsp3) is 0.111. The van der Waals surface area contributed by atoms with E-state index >= 15 is 0 Å². The number of carbonyl (C=O) groups excluding carboxylic acids is 2. The fourth-order valence-corrected chi connectivity index (χ4v) is 2.65. The molecule has 1 aromatic heterocycles. The number of benzene rings is 2. The van der Waals surface area contributed by atoms with Crippen molar-refractivity contribution in [3.8, 4) is 0 Å². The highest BCUT2D eigenvalue weighted by molar-refractivity contribution is 6.31. The molecule has 2 N–H and O–H groups in total. The highest BCUT2D eigenvalue weighted by Gasteiger charge is 2.11. The quantitative estimate of drug-likeness (QED) is 0.738. The summed E-state index contributed by atoms with van der Waals surface area (Å²) in [6.07, 6.45) is 1.33. The molecule has 0 saturated carbocycles. The van der Waals surface area contributed by atoms with Crippen molar-refractivity contribution in [1.29, 1.82) is 0 Å². The smallest absolute Gasteiger partial charge is 0.261 e. The summed E-state index contributed by atoms with van der Waals surface area (Å²) in [6.45, 7) is 1.14. The summed E-state index contributed by atoms with van der Waals surface area (Å²) < 4.78 is 1.22. The maximum Gasteiger partial charge on any atom is 0.261 e. The molecule has 7 nitrogen and oxygen atoms in total. The Labute approximate surface area is 153 Å². The van der Waals surface area contributed by atoms with Gasteiger partial charge in [0.05, 0.1) is 28.6 Å². The Morgan fingerprint density at radius 2 is 1.88 bits per heavy atom. The second-order valence-electron chi connectivity index (χ2n) is 5.61. The summed E-state index contributed by atoms with van der Waals surface area (Å²) in [5, 5.41) is 6.10. The monoisotopic (exact) mass is 370 g/mol. The number of para-hydroxylation sites is 1. The molecule has 3 rings (SSSR count). The van der Waals surface area contributed by atoms with E-state index in [-0.39, 0.29) is 18.0 Å². The van der Waals surface area contributed by atoms with E-state index in [1.807, 2.05) is 0 Å². The van der Waals surface area contributed by atoms with E-state index in [0.717, 1.165) is 0 Å². The normalized spacial score (nSPS) is 10.5. The zero-order valence-electron chi connectivity index (χ0n) is 13.8. The third-order valence-corrected chi connectivity index (χ3v) is 3.85. The number of amides is 2. The Balaban J connectivity index is 1.84. The van der Waals surface area contributed by atoms with E-state index in [1.54, 1.807) is 36.4 Å². The van der Waals surface area contributed by atoms with Gasteiger partial charge >= 0.3 is 0 Å². The van der Waals surface area contributed by atoms with Gasteiger partial charge in [0, 0.05) is 11.9 Å². The Hall–Kier alpha value is -3.19. The third-order valence-electron chi connectivity index (χ3n) is 3.61. The van der Waals surface area contributed by atoms with Crippen molar-refractivity contribution >= 4 is 45.7 Å². The molecule has 0 atom stereocenters. The number of anilines is 2. The minimum absolute atomic E-state index is 0.220. The topological polar surface area (TPSA) is 93.1 Å². The van der Waals surface area contributed by atoms with Gasteiger partial charge in [-0.3, -0.25) is 19.0 Å². The summed E-state index contributed by atoms with van der Waals surface area (Å²) in [5.74, 6) is -0.726. The Morgan fingerprint density at radius 1 is 1.12 bits per heavy atom. The van der Waals surface area contributed by atoms with Gasteiger partial charge in [0.25, 0.3) is 5.56 Å². The minimum atomic E-state index is -0.446. The van der Waals surface area contributed by atoms with Gasteiger partial charge in [-0.15, -0.1) is 0 Å². The van der Waals surface area contributed by atoms with Crippen LogP contribution in [0.15, 0.2) is 53.6 Å². The van der Waals surface area contributed by atoms with E-state index in [9.17, 15) is 14.4 Å². The first kappa shape index (κ1) is 17.6. The Bertz CT molecular complexity index is 1060. The van der Waals surface area contributed by atoms with Crippen LogP contribution in [0.4, 0.5) is 11.4 Å². The predicted molar refractivity (Wildman–Crippen MR) is 100 cm³/mol. The summed E-state index contributed by atoms with van der Waals surface area (Å²) in [6, 6.07) is 11.6. The molecule has 2 amide bonds. The molecule has 2 aromatic carbocycles. The van der Waals surface area contributed by atoms with E-state index in [1.165, 1.54) is 23.9 Å². The number of hydrogen-bond acceptors (Lipinski definition) is 4. The van der Waals surface area contributed by atoms with Crippen LogP contribution in [-0.2, 0) is 16.1 Å². The van der Waals surface area contributed by atoms with Crippen molar-refractivity contribution in [2.75, 3.05) is 10.6 Å². The van der Waals surface area contributed by atoms with Crippen LogP contribution in [0.3, 0.4) is 0 Å². The van der Waals surface area contributed by atoms with Gasteiger partial charge in [-0.2, -0.15) is 0 Å². The van der Waals surface area contributed by atoms with Crippen LogP contribution in [0, 0.1) is 0 Å². The molecule has 132 valence electrons. The SMILES string of the molecule is CC(=O)Nc1ccc(Cl)cc1NC(=O)Cn1cnc2ccccc2c1=O. The fourth-order valence-electron chi connectivity index (χ4n) is 2.48. The number of hydrogen-bond donors (Lipinski definition) is 2. The maximum atomic E-state index is 12.4. The van der Waals surface area contributed by atoms with Gasteiger partial charge in [0.1, 0.15) is 6.54 Å². The molecule has 1 heterocycles. The van der Waals surface area contributed by atoms with Crippen LogP contribution in [0.2, 0.25) is 5.02 Å². The molecule has 0 spiro atoms. The highest BCUT2D eigenvalue weighted by Crippen LogP contribution is 2.25. The first-order valence-electron chi connectivity index (χ1n) is 7.75. The van der Waals surface area contributed by atoms with E-state index in [2.05, 4.69) is 15.6 Å². The van der Waals surface area contributed by atoms with E-state index in [0.29, 0.717) is 27.3 Å². The van der Waals surface area contributed by atoms with Crippen LogP contribution in [-0.4, -0.2) is 21.4 Å². The number of nitrogens with one attached hydrogen (secondary N) is 2. The maximum absolute atomic E-state index is 12.4. The number of carbonyl (C=O) groups is 2. The molecule has 0 aliphatic rings. The summed E-state index contributed by atoms with van der Waals surface area (Å²) in [5.41, 5.74) is 1.02. The largest absolute Gasteiger partial charge is 0.325 e. The molecule has 0 unspecified atom stereocenters. The molecule has 0 bridgehead atoms. The van der Waals surface area contributed by atoms with Crippen LogP contribution < -0.4 is 16.2 Å². The van der Waals surface area contributed by atoms with Crippen molar-refractivity contribution < 1.29 is 9.59 Å². The van der Waals surface area contributed by atoms with E-state index < -0.39 is 5.91 Å². The minimum Gasteiger partial charge on any atom is -0.325 e. The molecule has 0 saturated heterocycles. The number of fused-ring (bicyclic) bond motifs is 1. The van der Waals surface area contributed by atoms with Gasteiger partial charge in [-0.05, 0) is 30.3 Å². The molecule has 0 fully saturated rings. The number of nitrogens with zero attached hydrogens (tertiary/aromatic N) is 2. The van der Waals surface area contributed by atoms with Crippen molar-refractivity contribution in [2.24, 2.45) is 0 Å². The first-order chi connectivity index (χ1) is 12.4. The summed E-state index contributed by atoms with van der Waals surface area (Å²) in [7, 11) is 0. The molecular formula is C18H15ClN4O3. The van der Waals surface area contributed by atoms with Crippen molar-refractivity contribution in [2.45, 2.75) is 13.5 Å². The molecule has 0 radical (unpaired) electrons. The number of aromatic nitrogens is 2. The zero-order chi connectivity index (χ0) is 18.7. The Morgan fingerprint density at radius 3 is 2.65 bits per heavy atom. The lowest BCUT2D eigenvalue weighted by molar-refractivity contribution is -0.117. The van der Waals surface area contributed by atoms with Crippen LogP contribution in [0.1, 0.15) is 6.92 Å². The zero-order valence-corrected chi connectivity index (χ0v) is 14.6. The molecule has 0 aliphatic heterocycles. The van der Waals surface area contributed by atoms with Crippen molar-refractivity contribution in [1.82, 2.24) is 9.55 Å². The first-order valence-corrected chi connectivity index (χ1v) is 8.13. The van der Waals surface area contributed by atoms with E-state index in [4.69, 9.17) is 11.6 Å². The van der Waals surface area contributed by atoms with Crippen LogP contribution in [0.5, 0.6) is 0 Å². The second kappa shape index (κ2) is 7.37. The van der Waals surface area contributed by atoms with Crippen LogP contribution >= 0.6 is 11.6 Å². The summed E-state index contributed by atoms with van der Waals surface area (Å²) in [4.78, 5) is 40.3. The highest BCUT2D eigenvalue weighted by atomic mass is 35.5. The number of halogens is 1. The average molecular weight is 371 g/mol. The molecule has 26 heavy (non-hydrogen) atoms. The lowest BCUT2D eigenvalue weighted by Gasteiger charge is -2.12. The predicted octanol–water partition coefficient (Wildman–Crippen LogP) is 2.65. The van der Waals surface area contributed by atoms with Gasteiger partial charge in [0.2, 0.25) is 11.8 Å². The second-order valence-corrected chi connectivity index (χ2v) is 6.05. The van der Waals surface area contributed by atoms with Gasteiger partial charge < -0.3 is 10.6 Å². The van der Waals surface area contributed by atoms with Gasteiger partial charge in [-0.25, -0.2) is 4.98 Å².